The normalized spacial score (nSPS) is 19.8. The van der Waals surface area contributed by atoms with Crippen molar-refractivity contribution in [2.24, 2.45) is 11.7 Å². The molecule has 1 saturated heterocycles. The van der Waals surface area contributed by atoms with Gasteiger partial charge in [-0.25, -0.2) is 4.39 Å². The second-order valence-electron chi connectivity index (χ2n) is 8.64. The summed E-state index contributed by atoms with van der Waals surface area (Å²) in [6.07, 6.45) is 3.80. The Morgan fingerprint density at radius 3 is 2.77 bits per heavy atom. The monoisotopic (exact) mass is 412 g/mol. The number of benzene rings is 1. The maximum Gasteiger partial charge on any atom is 0.255 e. The van der Waals surface area contributed by atoms with Crippen LogP contribution in [0.4, 0.5) is 10.1 Å². The lowest BCUT2D eigenvalue weighted by Gasteiger charge is -2.25. The Morgan fingerprint density at radius 1 is 1.37 bits per heavy atom. The number of unbranched alkanes of at least 4 members (excludes halogenated alkanes) is 1. The fourth-order valence-corrected chi connectivity index (χ4v) is 4.58. The molecule has 0 amide bonds. The van der Waals surface area contributed by atoms with E-state index in [0.717, 1.165) is 43.4 Å². The molecule has 2 aliphatic rings. The van der Waals surface area contributed by atoms with Crippen LogP contribution in [0.5, 0.6) is 5.75 Å². The molecule has 7 heteroatoms. The molecule has 1 aliphatic heterocycles. The van der Waals surface area contributed by atoms with Gasteiger partial charge >= 0.3 is 0 Å². The molecule has 160 valence electrons. The van der Waals surface area contributed by atoms with E-state index in [2.05, 4.69) is 11.0 Å². The number of hydrogen-bond acceptors (Lipinski definition) is 5. The molecule has 2 N–H and O–H groups in total. The Kier molecular flexibility index (Phi) is 5.70. The number of nitriles is 1. The third-order valence-corrected chi connectivity index (χ3v) is 6.35. The predicted octanol–water partition coefficient (Wildman–Crippen LogP) is 3.64. The first-order chi connectivity index (χ1) is 14.4. The van der Waals surface area contributed by atoms with Crippen molar-refractivity contribution in [3.63, 3.8) is 0 Å². The van der Waals surface area contributed by atoms with Gasteiger partial charge in [0.2, 0.25) is 0 Å². The number of aromatic nitrogens is 1. The fourth-order valence-electron chi connectivity index (χ4n) is 4.58. The lowest BCUT2D eigenvalue weighted by molar-refractivity contribution is 0.315. The summed E-state index contributed by atoms with van der Waals surface area (Å²) in [4.78, 5) is 15.0. The summed E-state index contributed by atoms with van der Waals surface area (Å²) in [7, 11) is 0. The Morgan fingerprint density at radius 2 is 2.13 bits per heavy atom. The summed E-state index contributed by atoms with van der Waals surface area (Å²) in [5, 5.41) is 9.35. The number of pyridine rings is 1. The number of nitrogens with zero attached hydrogens (tertiary/aromatic N) is 3. The highest BCUT2D eigenvalue weighted by Crippen LogP contribution is 2.42. The van der Waals surface area contributed by atoms with Gasteiger partial charge in [-0.3, -0.25) is 4.79 Å². The van der Waals surface area contributed by atoms with Crippen LogP contribution in [0.3, 0.4) is 0 Å². The topological polar surface area (TPSA) is 84.3 Å². The van der Waals surface area contributed by atoms with Crippen LogP contribution >= 0.6 is 0 Å². The zero-order chi connectivity index (χ0) is 21.4. The van der Waals surface area contributed by atoms with Crippen molar-refractivity contribution in [2.45, 2.75) is 58.0 Å². The number of rotatable bonds is 7. The van der Waals surface area contributed by atoms with Gasteiger partial charge < -0.3 is 19.9 Å². The Labute approximate surface area is 176 Å². The molecule has 2 fully saturated rings. The number of aryl methyl sites for hydroxylation is 1. The van der Waals surface area contributed by atoms with Crippen LogP contribution < -0.4 is 20.9 Å². The van der Waals surface area contributed by atoms with E-state index in [-0.39, 0.29) is 23.5 Å². The number of anilines is 1. The molecule has 4 rings (SSSR count). The van der Waals surface area contributed by atoms with E-state index < -0.39 is 0 Å². The maximum atomic E-state index is 15.4. The zero-order valence-corrected chi connectivity index (χ0v) is 17.7. The average molecular weight is 413 g/mol. The van der Waals surface area contributed by atoms with E-state index in [9.17, 15) is 4.79 Å². The van der Waals surface area contributed by atoms with Crippen molar-refractivity contribution in [2.75, 3.05) is 24.6 Å². The third-order valence-electron chi connectivity index (χ3n) is 6.35. The largest absolute Gasteiger partial charge is 0.493 e. The SMILES string of the molecule is Cc1c(N2CCC([C@H](C)N)C2)c(F)cc2c(OCCCC#N)cc(=O)n(C3CC3)c12. The van der Waals surface area contributed by atoms with Gasteiger partial charge in [0.15, 0.2) is 0 Å². The lowest BCUT2D eigenvalue weighted by atomic mass is 10.0. The molecule has 2 heterocycles. The molecule has 1 aromatic heterocycles. The second-order valence-corrected chi connectivity index (χ2v) is 8.64. The molecular weight excluding hydrogens is 383 g/mol. The van der Waals surface area contributed by atoms with Gasteiger partial charge in [0, 0.05) is 43.0 Å². The first kappa shape index (κ1) is 20.7. The van der Waals surface area contributed by atoms with Crippen LogP contribution in [-0.4, -0.2) is 30.3 Å². The number of fused-ring (bicyclic) bond motifs is 1. The van der Waals surface area contributed by atoms with Crippen molar-refractivity contribution in [1.29, 1.82) is 5.26 Å². The van der Waals surface area contributed by atoms with E-state index in [1.54, 1.807) is 0 Å². The standard InChI is InChI=1S/C23H29FN4O2/c1-14-22-18(11-19(24)23(14)27-9-7-16(13-27)15(2)26)20(30-10-4-3-8-25)12-21(29)28(22)17-5-6-17/h11-12,15-17H,3-7,9-10,13,26H2,1-2H3/t15-,16?/m0/s1. The number of halogens is 1. The molecule has 1 saturated carbocycles. The molecule has 30 heavy (non-hydrogen) atoms. The minimum absolute atomic E-state index is 0.0666. The van der Waals surface area contributed by atoms with Crippen LogP contribution in [0.2, 0.25) is 0 Å². The summed E-state index contributed by atoms with van der Waals surface area (Å²) in [6.45, 7) is 5.70. The Balaban J connectivity index is 1.82. The van der Waals surface area contributed by atoms with E-state index in [1.807, 2.05) is 18.4 Å². The van der Waals surface area contributed by atoms with Crippen LogP contribution in [0.1, 0.15) is 50.6 Å². The summed E-state index contributed by atoms with van der Waals surface area (Å²) >= 11 is 0. The number of hydrogen-bond donors (Lipinski definition) is 1. The van der Waals surface area contributed by atoms with E-state index in [4.69, 9.17) is 15.7 Å². The van der Waals surface area contributed by atoms with Gasteiger partial charge in [-0.2, -0.15) is 5.26 Å². The van der Waals surface area contributed by atoms with E-state index >= 15 is 4.39 Å². The minimum atomic E-state index is -0.298. The molecule has 1 aliphatic carbocycles. The fraction of sp³-hybridized carbons (Fsp3) is 0.565. The smallest absolute Gasteiger partial charge is 0.255 e. The van der Waals surface area contributed by atoms with Crippen molar-refractivity contribution in [1.82, 2.24) is 4.57 Å². The van der Waals surface area contributed by atoms with Crippen LogP contribution in [0.15, 0.2) is 16.9 Å². The third kappa shape index (κ3) is 3.77. The number of nitrogens with two attached hydrogens (primary N) is 1. The van der Waals surface area contributed by atoms with Gasteiger partial charge in [-0.05, 0) is 57.1 Å². The van der Waals surface area contributed by atoms with Crippen LogP contribution in [0, 0.1) is 30.0 Å². The van der Waals surface area contributed by atoms with Crippen molar-refractivity contribution in [3.05, 3.63) is 33.9 Å². The van der Waals surface area contributed by atoms with Crippen LogP contribution in [0.25, 0.3) is 10.9 Å². The zero-order valence-electron chi connectivity index (χ0n) is 17.7. The molecule has 0 radical (unpaired) electrons. The first-order valence-corrected chi connectivity index (χ1v) is 10.8. The summed E-state index contributed by atoms with van der Waals surface area (Å²) in [5.41, 5.74) is 8.08. The molecule has 2 aromatic rings. The Hall–Kier alpha value is -2.59. The van der Waals surface area contributed by atoms with Crippen molar-refractivity contribution in [3.8, 4) is 11.8 Å². The molecule has 0 spiro atoms. The number of ether oxygens (including phenoxy) is 1. The van der Waals surface area contributed by atoms with Gasteiger partial charge in [0.25, 0.3) is 5.56 Å². The second kappa shape index (κ2) is 8.27. The van der Waals surface area contributed by atoms with Crippen molar-refractivity contribution < 1.29 is 9.13 Å². The molecule has 0 bridgehead atoms. The average Bonchev–Trinajstić information content (AvgIpc) is 3.41. The highest BCUT2D eigenvalue weighted by atomic mass is 19.1. The van der Waals surface area contributed by atoms with Crippen LogP contribution in [-0.2, 0) is 0 Å². The summed E-state index contributed by atoms with van der Waals surface area (Å²) in [5.74, 6) is 0.432. The molecule has 2 atom stereocenters. The van der Waals surface area contributed by atoms with Gasteiger partial charge in [0.1, 0.15) is 11.6 Å². The van der Waals surface area contributed by atoms with Gasteiger partial charge in [0.05, 0.1) is 23.9 Å². The van der Waals surface area contributed by atoms with Gasteiger partial charge in [-0.15, -0.1) is 0 Å². The molecule has 6 nitrogen and oxygen atoms in total. The van der Waals surface area contributed by atoms with Crippen molar-refractivity contribution >= 4 is 16.6 Å². The summed E-state index contributed by atoms with van der Waals surface area (Å²) < 4.78 is 23.0. The van der Waals surface area contributed by atoms with E-state index in [1.165, 1.54) is 12.1 Å². The first-order valence-electron chi connectivity index (χ1n) is 10.8. The maximum absolute atomic E-state index is 15.4. The predicted molar refractivity (Wildman–Crippen MR) is 115 cm³/mol. The molecular formula is C23H29FN4O2. The highest BCUT2D eigenvalue weighted by Gasteiger charge is 2.32. The Bertz CT molecular complexity index is 1050. The lowest BCUT2D eigenvalue weighted by Crippen LogP contribution is -2.30. The molecule has 1 aromatic carbocycles. The highest BCUT2D eigenvalue weighted by molar-refractivity contribution is 5.92. The summed E-state index contributed by atoms with van der Waals surface area (Å²) in [6, 6.07) is 5.29. The van der Waals surface area contributed by atoms with Gasteiger partial charge in [-0.1, -0.05) is 0 Å². The minimum Gasteiger partial charge on any atom is -0.493 e. The quantitative estimate of drug-likeness (QED) is 0.702. The molecule has 1 unspecified atom stereocenters. The van der Waals surface area contributed by atoms with E-state index in [0.29, 0.717) is 42.2 Å².